The molecule has 0 spiro atoms. The van der Waals surface area contributed by atoms with Gasteiger partial charge in [-0.15, -0.1) is 5.10 Å². The van der Waals surface area contributed by atoms with Crippen molar-refractivity contribution in [2.24, 2.45) is 0 Å². The van der Waals surface area contributed by atoms with E-state index in [0.717, 1.165) is 86.1 Å². The highest BCUT2D eigenvalue weighted by Gasteiger charge is 2.26. The predicted octanol–water partition coefficient (Wildman–Crippen LogP) is 5.96. The van der Waals surface area contributed by atoms with Gasteiger partial charge in [0.1, 0.15) is 0 Å². The summed E-state index contributed by atoms with van der Waals surface area (Å²) in [5.74, 6) is 0.252. The number of carbonyl (C=O) groups excluding carboxylic acids is 1. The first-order chi connectivity index (χ1) is 20.6. The second kappa shape index (κ2) is 11.7. The Morgan fingerprint density at radius 3 is 2.67 bits per heavy atom. The monoisotopic (exact) mass is 579 g/mol. The van der Waals surface area contributed by atoms with Crippen LogP contribution in [0.25, 0.3) is 27.5 Å². The molecule has 7 rings (SSSR count). The molecule has 0 N–H and O–H groups in total. The van der Waals surface area contributed by atoms with Gasteiger partial charge in [-0.05, 0) is 80.8 Å². The molecule has 8 nitrogen and oxygen atoms in total. The normalized spacial score (nSPS) is 15.4. The third kappa shape index (κ3) is 5.31. The predicted molar refractivity (Wildman–Crippen MR) is 166 cm³/mol. The van der Waals surface area contributed by atoms with Crippen LogP contribution in [0.15, 0.2) is 60.9 Å². The van der Waals surface area contributed by atoms with Gasteiger partial charge in [-0.3, -0.25) is 14.8 Å². The van der Waals surface area contributed by atoms with Crippen LogP contribution in [-0.2, 0) is 24.1 Å². The SMILES string of the molecule is O=C(CCCCc1cn(-c2ccnc3cc(Cl)ccc23)nn1)N1CCN(c2c3c(nc4ccccc24)CCCC3)CC1. The van der Waals surface area contributed by atoms with Crippen LogP contribution in [0.3, 0.4) is 0 Å². The van der Waals surface area contributed by atoms with Crippen LogP contribution in [0.1, 0.15) is 49.1 Å². The van der Waals surface area contributed by atoms with Crippen LogP contribution in [0.4, 0.5) is 5.69 Å². The zero-order valence-corrected chi connectivity index (χ0v) is 24.4. The lowest BCUT2D eigenvalue weighted by Gasteiger charge is -2.38. The molecule has 1 aliphatic heterocycles. The lowest BCUT2D eigenvalue weighted by atomic mass is 9.92. The van der Waals surface area contributed by atoms with Crippen LogP contribution in [0, 0.1) is 0 Å². The largest absolute Gasteiger partial charge is 0.367 e. The molecular weight excluding hydrogens is 546 g/mol. The van der Waals surface area contributed by atoms with Crippen molar-refractivity contribution in [1.29, 1.82) is 0 Å². The summed E-state index contributed by atoms with van der Waals surface area (Å²) in [5, 5.41) is 11.6. The number of anilines is 1. The number of fused-ring (bicyclic) bond motifs is 3. The average Bonchev–Trinajstić information content (AvgIpc) is 3.50. The fourth-order valence-corrected chi connectivity index (χ4v) is 6.63. The second-order valence-corrected chi connectivity index (χ2v) is 11.8. The maximum absolute atomic E-state index is 13.1. The van der Waals surface area contributed by atoms with Crippen LogP contribution < -0.4 is 4.90 Å². The number of pyridine rings is 2. The minimum Gasteiger partial charge on any atom is -0.367 e. The standard InChI is InChI=1S/C33H34ClN7O/c34-23-13-14-25-30(21-23)35-16-15-31(25)41-22-24(37-38-41)7-1-6-12-32(42)39-17-19-40(20-18-39)33-26-8-2-4-10-28(26)36-29-11-5-3-9-27(29)33/h2,4,8,10,13-16,21-22H,1,3,5-7,9,11-12,17-20H2. The average molecular weight is 580 g/mol. The second-order valence-electron chi connectivity index (χ2n) is 11.3. The maximum atomic E-state index is 13.1. The summed E-state index contributed by atoms with van der Waals surface area (Å²) >= 11 is 6.13. The fraction of sp³-hybridized carbons (Fsp3) is 0.364. The molecule has 4 heterocycles. The lowest BCUT2D eigenvalue weighted by molar-refractivity contribution is -0.131. The van der Waals surface area contributed by atoms with Gasteiger partial charge >= 0.3 is 0 Å². The first kappa shape index (κ1) is 26.8. The van der Waals surface area contributed by atoms with E-state index in [2.05, 4.69) is 44.5 Å². The summed E-state index contributed by atoms with van der Waals surface area (Å²) in [5.41, 5.74) is 7.81. The number of piperazine rings is 1. The van der Waals surface area contributed by atoms with Gasteiger partial charge < -0.3 is 9.80 Å². The number of aryl methyl sites for hydroxylation is 2. The van der Waals surface area contributed by atoms with Crippen molar-refractivity contribution in [3.05, 3.63) is 82.9 Å². The number of hydrogen-bond donors (Lipinski definition) is 0. The van der Waals surface area contributed by atoms with E-state index in [0.29, 0.717) is 11.4 Å². The molecule has 0 atom stereocenters. The van der Waals surface area contributed by atoms with Crippen LogP contribution in [-0.4, -0.2) is 61.9 Å². The molecule has 1 aliphatic carbocycles. The third-order valence-corrected chi connectivity index (χ3v) is 8.87. The quantitative estimate of drug-likeness (QED) is 0.221. The van der Waals surface area contributed by atoms with E-state index in [4.69, 9.17) is 16.6 Å². The molecule has 0 radical (unpaired) electrons. The van der Waals surface area contributed by atoms with Gasteiger partial charge in [-0.1, -0.05) is 35.0 Å². The Morgan fingerprint density at radius 1 is 0.905 bits per heavy atom. The highest BCUT2D eigenvalue weighted by Crippen LogP contribution is 2.36. The molecule has 1 fully saturated rings. The van der Waals surface area contributed by atoms with Gasteiger partial charge in [0.05, 0.1) is 34.3 Å². The summed E-state index contributed by atoms with van der Waals surface area (Å²) in [6, 6.07) is 16.1. The zero-order valence-electron chi connectivity index (χ0n) is 23.7. The fourth-order valence-electron chi connectivity index (χ4n) is 6.46. The van der Waals surface area contributed by atoms with Crippen molar-refractivity contribution in [3.8, 4) is 5.69 Å². The van der Waals surface area contributed by atoms with Gasteiger partial charge in [0.2, 0.25) is 5.91 Å². The van der Waals surface area contributed by atoms with Crippen molar-refractivity contribution in [3.63, 3.8) is 0 Å². The summed E-state index contributed by atoms with van der Waals surface area (Å²) in [6.07, 6.45) is 11.4. The minimum atomic E-state index is 0.252. The molecule has 1 amide bonds. The van der Waals surface area contributed by atoms with Gasteiger partial charge in [0.15, 0.2) is 0 Å². The number of amides is 1. The Kier molecular flexibility index (Phi) is 7.46. The molecule has 1 saturated heterocycles. The van der Waals surface area contributed by atoms with E-state index < -0.39 is 0 Å². The van der Waals surface area contributed by atoms with Crippen LogP contribution >= 0.6 is 11.6 Å². The van der Waals surface area contributed by atoms with E-state index in [-0.39, 0.29) is 5.91 Å². The Bertz CT molecular complexity index is 1760. The Balaban J connectivity index is 0.932. The number of para-hydroxylation sites is 1. The number of carbonyl (C=O) groups is 1. The molecule has 0 bridgehead atoms. The van der Waals surface area contributed by atoms with E-state index in [1.807, 2.05) is 35.4 Å². The molecule has 0 unspecified atom stereocenters. The summed E-state index contributed by atoms with van der Waals surface area (Å²) in [6.45, 7) is 3.27. The van der Waals surface area contributed by atoms with Crippen LogP contribution in [0.2, 0.25) is 5.02 Å². The van der Waals surface area contributed by atoms with Gasteiger partial charge in [-0.25, -0.2) is 4.68 Å². The zero-order chi connectivity index (χ0) is 28.5. The number of nitrogens with zero attached hydrogens (tertiary/aromatic N) is 7. The van der Waals surface area contributed by atoms with Crippen molar-refractivity contribution in [2.45, 2.75) is 51.4 Å². The summed E-state index contributed by atoms with van der Waals surface area (Å²) in [4.78, 5) is 27.0. The number of hydrogen-bond acceptors (Lipinski definition) is 6. The Morgan fingerprint density at radius 2 is 1.76 bits per heavy atom. The number of unbranched alkanes of at least 4 members (excludes halogenated alkanes) is 1. The summed E-state index contributed by atoms with van der Waals surface area (Å²) in [7, 11) is 0. The first-order valence-corrected chi connectivity index (χ1v) is 15.4. The topological polar surface area (TPSA) is 80.0 Å². The highest BCUT2D eigenvalue weighted by atomic mass is 35.5. The number of benzene rings is 2. The molecular formula is C33H34ClN7O. The Labute approximate surface area is 250 Å². The molecule has 5 aromatic rings. The molecule has 2 aliphatic rings. The lowest BCUT2D eigenvalue weighted by Crippen LogP contribution is -2.49. The summed E-state index contributed by atoms with van der Waals surface area (Å²) < 4.78 is 1.79. The van der Waals surface area contributed by atoms with Crippen molar-refractivity contribution < 1.29 is 4.79 Å². The number of rotatable bonds is 7. The first-order valence-electron chi connectivity index (χ1n) is 15.0. The molecule has 9 heteroatoms. The van der Waals surface area contributed by atoms with E-state index in [1.165, 1.54) is 35.2 Å². The van der Waals surface area contributed by atoms with E-state index >= 15 is 0 Å². The Hall–Kier alpha value is -4.04. The molecule has 0 saturated carbocycles. The molecule has 214 valence electrons. The molecule has 42 heavy (non-hydrogen) atoms. The minimum absolute atomic E-state index is 0.252. The van der Waals surface area contributed by atoms with E-state index in [1.54, 1.807) is 10.9 Å². The van der Waals surface area contributed by atoms with Gasteiger partial charge in [0, 0.05) is 60.3 Å². The van der Waals surface area contributed by atoms with E-state index in [9.17, 15) is 4.79 Å². The molecule has 2 aromatic carbocycles. The smallest absolute Gasteiger partial charge is 0.222 e. The van der Waals surface area contributed by atoms with Crippen molar-refractivity contribution in [2.75, 3.05) is 31.1 Å². The van der Waals surface area contributed by atoms with Gasteiger partial charge in [0.25, 0.3) is 0 Å². The van der Waals surface area contributed by atoms with Crippen LogP contribution in [0.5, 0.6) is 0 Å². The van der Waals surface area contributed by atoms with Crippen molar-refractivity contribution in [1.82, 2.24) is 29.9 Å². The number of aromatic nitrogens is 5. The highest BCUT2D eigenvalue weighted by molar-refractivity contribution is 6.31. The third-order valence-electron chi connectivity index (χ3n) is 8.63. The molecule has 3 aromatic heterocycles. The maximum Gasteiger partial charge on any atom is 0.222 e. The van der Waals surface area contributed by atoms with Crippen molar-refractivity contribution >= 4 is 45.0 Å². The van der Waals surface area contributed by atoms with Gasteiger partial charge in [-0.2, -0.15) is 0 Å². The number of halogens is 1.